The fraction of sp³-hybridized carbons (Fsp3) is 0.526. The van der Waals surface area contributed by atoms with Crippen molar-refractivity contribution < 1.29 is 29.0 Å². The molecule has 0 saturated heterocycles. The van der Waals surface area contributed by atoms with Crippen LogP contribution in [0.5, 0.6) is 11.5 Å². The van der Waals surface area contributed by atoms with Gasteiger partial charge in [0.15, 0.2) is 11.5 Å². The number of phenolic OH excluding ortho intramolecular Hbond substituents is 1. The van der Waals surface area contributed by atoms with Gasteiger partial charge in [0, 0.05) is 19.3 Å². The third kappa shape index (κ3) is 8.00. The largest absolute Gasteiger partial charge is 0.503 e. The van der Waals surface area contributed by atoms with E-state index in [1.54, 1.807) is 6.07 Å². The summed E-state index contributed by atoms with van der Waals surface area (Å²) in [5.74, 6) is -1.50. The van der Waals surface area contributed by atoms with Gasteiger partial charge in [0.2, 0.25) is 5.91 Å². The van der Waals surface area contributed by atoms with Gasteiger partial charge in [-0.15, -0.1) is 0 Å². The quantitative estimate of drug-likeness (QED) is 0.416. The SMILES string of the molecule is COC(=O)CCCC(=O)Nc1cccc(OC(=O)CCC(C)(C)C)c1O. The van der Waals surface area contributed by atoms with E-state index >= 15 is 0 Å². The molecule has 0 bridgehead atoms. The van der Waals surface area contributed by atoms with Crippen LogP contribution >= 0.6 is 0 Å². The molecule has 0 aliphatic carbocycles. The van der Waals surface area contributed by atoms with Gasteiger partial charge in [-0.25, -0.2) is 0 Å². The molecule has 2 N–H and O–H groups in total. The second-order valence-electron chi connectivity index (χ2n) is 7.16. The Bertz CT molecular complexity index is 648. The number of rotatable bonds is 8. The molecule has 1 aromatic carbocycles. The summed E-state index contributed by atoms with van der Waals surface area (Å²) in [4.78, 5) is 34.8. The highest BCUT2D eigenvalue weighted by Crippen LogP contribution is 2.34. The van der Waals surface area contributed by atoms with Crippen molar-refractivity contribution in [2.24, 2.45) is 5.41 Å². The minimum absolute atomic E-state index is 0.00108. The molecule has 0 unspecified atom stereocenters. The van der Waals surface area contributed by atoms with Crippen molar-refractivity contribution in [3.05, 3.63) is 18.2 Å². The lowest BCUT2D eigenvalue weighted by Crippen LogP contribution is -2.14. The van der Waals surface area contributed by atoms with E-state index in [9.17, 15) is 19.5 Å². The molecule has 0 aliphatic heterocycles. The van der Waals surface area contributed by atoms with E-state index in [1.807, 2.05) is 20.8 Å². The Morgan fingerprint density at radius 1 is 1.08 bits per heavy atom. The standard InChI is InChI=1S/C19H27NO6/c1-19(2,3)12-11-17(23)26-14-8-5-7-13(18(14)24)20-15(21)9-6-10-16(22)25-4/h5,7-8,24H,6,9-12H2,1-4H3,(H,20,21). The number of nitrogens with one attached hydrogen (secondary N) is 1. The maximum absolute atomic E-state index is 11.9. The molecule has 1 amide bonds. The third-order valence-electron chi connectivity index (χ3n) is 3.59. The minimum atomic E-state index is -0.447. The summed E-state index contributed by atoms with van der Waals surface area (Å²) in [5, 5.41) is 12.7. The van der Waals surface area contributed by atoms with E-state index in [-0.39, 0.29) is 53.7 Å². The number of hydrogen-bond acceptors (Lipinski definition) is 6. The van der Waals surface area contributed by atoms with Gasteiger partial charge in [-0.1, -0.05) is 26.8 Å². The second-order valence-corrected chi connectivity index (χ2v) is 7.16. The lowest BCUT2D eigenvalue weighted by atomic mass is 9.91. The number of carbonyl (C=O) groups is 3. The van der Waals surface area contributed by atoms with E-state index in [0.29, 0.717) is 12.8 Å². The zero-order valence-corrected chi connectivity index (χ0v) is 15.8. The summed E-state index contributed by atoms with van der Waals surface area (Å²) < 4.78 is 9.69. The van der Waals surface area contributed by atoms with Crippen molar-refractivity contribution in [2.75, 3.05) is 12.4 Å². The fourth-order valence-electron chi connectivity index (χ4n) is 2.06. The molecule has 144 valence electrons. The summed E-state index contributed by atoms with van der Waals surface area (Å²) in [6, 6.07) is 4.52. The van der Waals surface area contributed by atoms with Crippen molar-refractivity contribution >= 4 is 23.5 Å². The summed E-state index contributed by atoms with van der Waals surface area (Å²) in [6.45, 7) is 6.07. The first-order valence-corrected chi connectivity index (χ1v) is 8.51. The molecule has 0 saturated carbocycles. The maximum atomic E-state index is 11.9. The topological polar surface area (TPSA) is 102 Å². The maximum Gasteiger partial charge on any atom is 0.311 e. The summed E-state index contributed by atoms with van der Waals surface area (Å²) in [5.41, 5.74) is 0.148. The van der Waals surface area contributed by atoms with Crippen LogP contribution in [0.1, 0.15) is 52.9 Å². The van der Waals surface area contributed by atoms with Gasteiger partial charge < -0.3 is 19.9 Å². The van der Waals surface area contributed by atoms with E-state index in [0.717, 1.165) is 0 Å². The predicted molar refractivity (Wildman–Crippen MR) is 96.9 cm³/mol. The van der Waals surface area contributed by atoms with E-state index in [1.165, 1.54) is 19.2 Å². The normalized spacial score (nSPS) is 10.9. The summed E-state index contributed by atoms with van der Waals surface area (Å²) in [6.07, 6.45) is 1.46. The number of phenols is 1. The van der Waals surface area contributed by atoms with E-state index in [4.69, 9.17) is 4.74 Å². The van der Waals surface area contributed by atoms with E-state index in [2.05, 4.69) is 10.1 Å². The zero-order valence-electron chi connectivity index (χ0n) is 15.8. The Morgan fingerprint density at radius 2 is 1.77 bits per heavy atom. The van der Waals surface area contributed by atoms with E-state index < -0.39 is 5.97 Å². The van der Waals surface area contributed by atoms with Crippen LogP contribution in [0.4, 0.5) is 5.69 Å². The highest BCUT2D eigenvalue weighted by Gasteiger charge is 2.17. The van der Waals surface area contributed by atoms with Crippen LogP contribution in [0.15, 0.2) is 18.2 Å². The minimum Gasteiger partial charge on any atom is -0.503 e. The van der Waals surface area contributed by atoms with Gasteiger partial charge in [-0.3, -0.25) is 14.4 Å². The molecule has 0 fully saturated rings. The van der Waals surface area contributed by atoms with Gasteiger partial charge >= 0.3 is 11.9 Å². The lowest BCUT2D eigenvalue weighted by Gasteiger charge is -2.17. The molecule has 0 aromatic heterocycles. The van der Waals surface area contributed by atoms with Crippen molar-refractivity contribution in [3.63, 3.8) is 0 Å². The summed E-state index contributed by atoms with van der Waals surface area (Å²) >= 11 is 0. The lowest BCUT2D eigenvalue weighted by molar-refractivity contribution is -0.140. The van der Waals surface area contributed by atoms with Crippen LogP contribution < -0.4 is 10.1 Å². The van der Waals surface area contributed by atoms with Crippen LogP contribution in [0.25, 0.3) is 0 Å². The van der Waals surface area contributed by atoms with Crippen molar-refractivity contribution in [1.82, 2.24) is 0 Å². The number of esters is 2. The van der Waals surface area contributed by atoms with Gasteiger partial charge in [0.25, 0.3) is 0 Å². The number of methoxy groups -OCH3 is 1. The molecular formula is C19H27NO6. The number of para-hydroxylation sites is 1. The molecule has 0 aliphatic rings. The average molecular weight is 365 g/mol. The molecule has 0 atom stereocenters. The second kappa shape index (κ2) is 9.79. The van der Waals surface area contributed by atoms with Crippen molar-refractivity contribution in [1.29, 1.82) is 0 Å². The first-order chi connectivity index (χ1) is 12.1. The zero-order chi connectivity index (χ0) is 19.7. The number of benzene rings is 1. The Kier molecular flexibility index (Phi) is 8.09. The number of amides is 1. The number of carbonyl (C=O) groups excluding carboxylic acids is 3. The average Bonchev–Trinajstić information content (AvgIpc) is 2.56. The fourth-order valence-corrected chi connectivity index (χ4v) is 2.06. The van der Waals surface area contributed by atoms with Gasteiger partial charge in [0.1, 0.15) is 0 Å². The van der Waals surface area contributed by atoms with Crippen LogP contribution in [0, 0.1) is 5.41 Å². The number of ether oxygens (including phenoxy) is 2. The Morgan fingerprint density at radius 3 is 2.38 bits per heavy atom. The Hall–Kier alpha value is -2.57. The number of hydrogen-bond donors (Lipinski definition) is 2. The molecule has 1 aromatic rings. The first kappa shape index (κ1) is 21.5. The van der Waals surface area contributed by atoms with Gasteiger partial charge in [0.05, 0.1) is 12.8 Å². The summed E-state index contributed by atoms with van der Waals surface area (Å²) in [7, 11) is 1.29. The molecular weight excluding hydrogens is 338 g/mol. The molecule has 0 heterocycles. The van der Waals surface area contributed by atoms with Crippen LogP contribution in [0.2, 0.25) is 0 Å². The molecule has 26 heavy (non-hydrogen) atoms. The van der Waals surface area contributed by atoms with Gasteiger partial charge in [-0.05, 0) is 30.4 Å². The van der Waals surface area contributed by atoms with Gasteiger partial charge in [-0.2, -0.15) is 0 Å². The van der Waals surface area contributed by atoms with Crippen LogP contribution in [-0.2, 0) is 19.1 Å². The van der Waals surface area contributed by atoms with Crippen molar-refractivity contribution in [3.8, 4) is 11.5 Å². The first-order valence-electron chi connectivity index (χ1n) is 8.51. The molecule has 7 heteroatoms. The Balaban J connectivity index is 2.61. The number of aromatic hydroxyl groups is 1. The predicted octanol–water partition coefficient (Wildman–Crippen LogP) is 3.41. The number of anilines is 1. The van der Waals surface area contributed by atoms with Crippen LogP contribution in [-0.4, -0.2) is 30.1 Å². The third-order valence-corrected chi connectivity index (χ3v) is 3.59. The van der Waals surface area contributed by atoms with Crippen molar-refractivity contribution in [2.45, 2.75) is 52.9 Å². The Labute approximate surface area is 153 Å². The highest BCUT2D eigenvalue weighted by molar-refractivity contribution is 5.93. The molecule has 7 nitrogen and oxygen atoms in total. The molecule has 0 radical (unpaired) electrons. The highest BCUT2D eigenvalue weighted by atomic mass is 16.5. The van der Waals surface area contributed by atoms with Crippen LogP contribution in [0.3, 0.4) is 0 Å². The molecule has 0 spiro atoms. The smallest absolute Gasteiger partial charge is 0.311 e. The monoisotopic (exact) mass is 365 g/mol. The molecule has 1 rings (SSSR count).